The van der Waals surface area contributed by atoms with Crippen LogP contribution in [0.2, 0.25) is 0 Å². The molecule has 0 amide bonds. The van der Waals surface area contributed by atoms with Gasteiger partial charge in [-0.15, -0.1) is 0 Å². The van der Waals surface area contributed by atoms with Crippen molar-refractivity contribution in [1.82, 2.24) is 15.1 Å². The Morgan fingerprint density at radius 3 is 1.62 bits per heavy atom. The molecule has 5 N–H and O–H groups in total. The number of hydrogen-bond donors (Lipinski definition) is 5. The summed E-state index contributed by atoms with van der Waals surface area (Å²) in [4.78, 5) is 3.88. The highest BCUT2D eigenvalue weighted by Gasteiger charge is 2.08. The molecule has 0 aliphatic heterocycles. The first-order valence-electron chi connectivity index (χ1n) is 8.80. The van der Waals surface area contributed by atoms with Crippen LogP contribution in [0.1, 0.15) is 54.4 Å². The van der Waals surface area contributed by atoms with Gasteiger partial charge in [-0.05, 0) is 46.7 Å². The van der Waals surface area contributed by atoms with Crippen molar-refractivity contribution < 1.29 is 20.4 Å². The third-order valence-corrected chi connectivity index (χ3v) is 3.12. The summed E-state index contributed by atoms with van der Waals surface area (Å²) >= 11 is 0. The Morgan fingerprint density at radius 1 is 0.833 bits per heavy atom. The number of aliphatic hydroxyl groups excluding tert-OH is 4. The van der Waals surface area contributed by atoms with Gasteiger partial charge in [0.05, 0.1) is 0 Å². The van der Waals surface area contributed by atoms with Crippen molar-refractivity contribution in [3.8, 4) is 0 Å². The van der Waals surface area contributed by atoms with E-state index < -0.39 is 24.9 Å². The van der Waals surface area contributed by atoms with Crippen LogP contribution in [0.3, 0.4) is 0 Å². The van der Waals surface area contributed by atoms with Crippen LogP contribution >= 0.6 is 0 Å². The minimum absolute atomic E-state index is 0.425. The first-order valence-corrected chi connectivity index (χ1v) is 8.80. The van der Waals surface area contributed by atoms with Crippen LogP contribution in [0.15, 0.2) is 12.3 Å². The molecule has 0 aromatic carbocycles. The van der Waals surface area contributed by atoms with Gasteiger partial charge in [-0.2, -0.15) is 0 Å². The zero-order chi connectivity index (χ0) is 19.1. The average molecular weight is 350 g/mol. The maximum absolute atomic E-state index is 9.55. The minimum atomic E-state index is -0.625. The molecule has 24 heavy (non-hydrogen) atoms. The lowest BCUT2D eigenvalue weighted by Gasteiger charge is -2.25. The molecule has 0 fully saturated rings. The lowest BCUT2D eigenvalue weighted by atomic mass is 10.3. The van der Waals surface area contributed by atoms with Gasteiger partial charge < -0.3 is 25.3 Å². The van der Waals surface area contributed by atoms with Crippen LogP contribution in [-0.4, -0.2) is 74.8 Å². The lowest BCUT2D eigenvalue weighted by Crippen LogP contribution is -2.34. The highest BCUT2D eigenvalue weighted by atomic mass is 16.3. The molecule has 0 aromatic rings. The quantitative estimate of drug-likeness (QED) is 0.353. The first-order chi connectivity index (χ1) is 11.1. The highest BCUT2D eigenvalue weighted by Crippen LogP contribution is 2.01. The Hall–Kier alpha value is -0.700. The van der Waals surface area contributed by atoms with Crippen LogP contribution < -0.4 is 5.32 Å². The van der Waals surface area contributed by atoms with Crippen LogP contribution in [0.5, 0.6) is 0 Å². The van der Waals surface area contributed by atoms with Crippen LogP contribution in [0.4, 0.5) is 0 Å². The van der Waals surface area contributed by atoms with E-state index in [9.17, 15) is 10.2 Å². The number of nitrogens with zero attached hydrogens (tertiary/aromatic N) is 2. The summed E-state index contributed by atoms with van der Waals surface area (Å²) in [5.74, 6) is 0. The zero-order valence-corrected chi connectivity index (χ0v) is 16.2. The standard InChI is InChI=1S/C13H28N2O2.C4H11NO2/c1-5-8-14(12(3)16)10-7-11-15(9-6-2)13(4)17;1-3(6)5-4(2)7/h7,10,12-13,16-17H,5-6,8-9,11H2,1-4H3;3-7H,1-2H3. The topological polar surface area (TPSA) is 99.4 Å². The number of aliphatic hydroxyl groups is 4. The van der Waals surface area contributed by atoms with Gasteiger partial charge in [-0.3, -0.25) is 10.2 Å². The van der Waals surface area contributed by atoms with Crippen LogP contribution in [-0.2, 0) is 0 Å². The van der Waals surface area contributed by atoms with Gasteiger partial charge in [0.1, 0.15) is 24.9 Å². The minimum Gasteiger partial charge on any atom is -0.379 e. The van der Waals surface area contributed by atoms with Gasteiger partial charge in [0.15, 0.2) is 0 Å². The maximum Gasteiger partial charge on any atom is 0.123 e. The average Bonchev–Trinajstić information content (AvgIpc) is 2.44. The maximum atomic E-state index is 9.55. The van der Waals surface area contributed by atoms with Crippen molar-refractivity contribution in [2.45, 2.75) is 79.3 Å². The third kappa shape index (κ3) is 16.2. The van der Waals surface area contributed by atoms with Crippen molar-refractivity contribution in [2.75, 3.05) is 19.6 Å². The molecule has 0 aliphatic rings. The van der Waals surface area contributed by atoms with Gasteiger partial charge in [0, 0.05) is 19.6 Å². The van der Waals surface area contributed by atoms with E-state index in [1.165, 1.54) is 0 Å². The molecular weight excluding hydrogens is 310 g/mol. The molecule has 0 radical (unpaired) electrons. The normalized spacial score (nSPS) is 16.5. The molecule has 0 aromatic heterocycles. The SMILES string of the molecule is CC(O)NC(C)O.CCCN(C=CCN(CCC)C(C)O)C(C)O. The van der Waals surface area contributed by atoms with Crippen molar-refractivity contribution >= 4 is 0 Å². The number of nitrogens with one attached hydrogen (secondary N) is 1. The van der Waals surface area contributed by atoms with E-state index in [4.69, 9.17) is 10.2 Å². The molecular formula is C17H39N3O4. The molecule has 7 nitrogen and oxygen atoms in total. The summed E-state index contributed by atoms with van der Waals surface area (Å²) in [7, 11) is 0. The van der Waals surface area contributed by atoms with E-state index in [2.05, 4.69) is 19.2 Å². The predicted octanol–water partition coefficient (Wildman–Crippen LogP) is 0.853. The molecule has 0 rings (SSSR count). The van der Waals surface area contributed by atoms with Gasteiger partial charge in [0.2, 0.25) is 0 Å². The Morgan fingerprint density at radius 2 is 1.33 bits per heavy atom. The summed E-state index contributed by atoms with van der Waals surface area (Å²) in [6.07, 6.45) is 3.80. The molecule has 0 aliphatic carbocycles. The Bertz CT molecular complexity index is 292. The number of hydrogen-bond acceptors (Lipinski definition) is 7. The summed E-state index contributed by atoms with van der Waals surface area (Å²) in [6, 6.07) is 0. The third-order valence-electron chi connectivity index (χ3n) is 3.12. The smallest absolute Gasteiger partial charge is 0.123 e. The van der Waals surface area contributed by atoms with Crippen molar-refractivity contribution in [1.29, 1.82) is 0 Å². The molecule has 0 bridgehead atoms. The van der Waals surface area contributed by atoms with Crippen molar-refractivity contribution in [3.05, 3.63) is 12.3 Å². The molecule has 4 atom stereocenters. The second-order valence-corrected chi connectivity index (χ2v) is 5.90. The van der Waals surface area contributed by atoms with Crippen LogP contribution in [0, 0.1) is 0 Å². The zero-order valence-electron chi connectivity index (χ0n) is 16.2. The number of rotatable bonds is 11. The second kappa shape index (κ2) is 15.8. The highest BCUT2D eigenvalue weighted by molar-refractivity contribution is 4.86. The molecule has 0 saturated carbocycles. The molecule has 0 spiro atoms. The van der Waals surface area contributed by atoms with E-state index >= 15 is 0 Å². The largest absolute Gasteiger partial charge is 0.379 e. The van der Waals surface area contributed by atoms with Gasteiger partial charge in [-0.25, -0.2) is 0 Å². The summed E-state index contributed by atoms with van der Waals surface area (Å²) < 4.78 is 0. The fraction of sp³-hybridized carbons (Fsp3) is 0.882. The van der Waals surface area contributed by atoms with Crippen LogP contribution in [0.25, 0.3) is 0 Å². The lowest BCUT2D eigenvalue weighted by molar-refractivity contribution is 0.0261. The summed E-state index contributed by atoms with van der Waals surface area (Å²) in [5.41, 5.74) is 0. The fourth-order valence-electron chi connectivity index (χ4n) is 2.03. The van der Waals surface area contributed by atoms with Gasteiger partial charge in [0.25, 0.3) is 0 Å². The van der Waals surface area contributed by atoms with Crippen molar-refractivity contribution in [3.63, 3.8) is 0 Å². The van der Waals surface area contributed by atoms with E-state index in [0.717, 1.165) is 25.9 Å². The predicted molar refractivity (Wildman–Crippen MR) is 97.9 cm³/mol. The monoisotopic (exact) mass is 349 g/mol. The van der Waals surface area contributed by atoms with Crippen molar-refractivity contribution in [2.24, 2.45) is 0 Å². The van der Waals surface area contributed by atoms with E-state index in [-0.39, 0.29) is 0 Å². The molecule has 4 unspecified atom stereocenters. The molecule has 7 heteroatoms. The fourth-order valence-corrected chi connectivity index (χ4v) is 2.03. The van der Waals surface area contributed by atoms with E-state index in [0.29, 0.717) is 6.54 Å². The Kier molecular flexibility index (Phi) is 16.8. The van der Waals surface area contributed by atoms with Gasteiger partial charge >= 0.3 is 0 Å². The molecule has 0 saturated heterocycles. The van der Waals surface area contributed by atoms with E-state index in [1.54, 1.807) is 27.7 Å². The second-order valence-electron chi connectivity index (χ2n) is 5.90. The van der Waals surface area contributed by atoms with E-state index in [1.807, 2.05) is 22.1 Å². The van der Waals surface area contributed by atoms with Gasteiger partial charge in [-0.1, -0.05) is 19.9 Å². The Balaban J connectivity index is 0. The molecule has 0 heterocycles. The Labute approximate surface area is 147 Å². The molecule has 146 valence electrons. The summed E-state index contributed by atoms with van der Waals surface area (Å²) in [6.45, 7) is 13.3. The first kappa shape index (κ1) is 25.5. The summed E-state index contributed by atoms with van der Waals surface area (Å²) in [5, 5.41) is 38.4.